The summed E-state index contributed by atoms with van der Waals surface area (Å²) in [5, 5.41) is 10.2. The third-order valence-corrected chi connectivity index (χ3v) is 6.32. The predicted octanol–water partition coefficient (Wildman–Crippen LogP) is 2.93. The Bertz CT molecular complexity index is 1430. The minimum absolute atomic E-state index is 0.460. The van der Waals surface area contributed by atoms with Crippen LogP contribution in [0.4, 0.5) is 0 Å². The summed E-state index contributed by atoms with van der Waals surface area (Å²) in [7, 11) is 0. The fraction of sp³-hybridized carbons (Fsp3) is 0.185. The molecular weight excluding hydrogens is 438 g/mol. The number of rotatable bonds is 9. The number of para-hydroxylation sites is 1. The van der Waals surface area contributed by atoms with Gasteiger partial charge in [0.1, 0.15) is 11.6 Å². The Balaban J connectivity index is 1.58. The average molecular weight is 466 g/mol. The van der Waals surface area contributed by atoms with Crippen molar-refractivity contribution in [1.82, 2.24) is 24.7 Å². The molecule has 5 N–H and O–H groups in total. The molecule has 1 amide bonds. The standard InChI is InChI=1S/C27H27N7O/c28-25(26(29)35)22(15-19-16-31-23-12-5-4-11-21(19)23)27-33-32-24(14-18-8-2-1-3-9-18)34(27)17-20-10-6-7-13-30-20/h1-13,16,22,25,31H,14-15,17,28H2,(H2,29,35). The highest BCUT2D eigenvalue weighted by atomic mass is 16.1. The number of carbonyl (C=O) groups excluding carboxylic acids is 1. The Morgan fingerprint density at radius 2 is 1.74 bits per heavy atom. The van der Waals surface area contributed by atoms with E-state index in [9.17, 15) is 4.79 Å². The number of fused-ring (bicyclic) bond motifs is 1. The summed E-state index contributed by atoms with van der Waals surface area (Å²) in [5.74, 6) is 0.356. The molecule has 0 aliphatic rings. The van der Waals surface area contributed by atoms with Gasteiger partial charge in [-0.05, 0) is 35.7 Å². The summed E-state index contributed by atoms with van der Waals surface area (Å²) < 4.78 is 2.03. The van der Waals surface area contributed by atoms with Crippen LogP contribution < -0.4 is 11.5 Å². The minimum Gasteiger partial charge on any atom is -0.368 e. The van der Waals surface area contributed by atoms with E-state index in [-0.39, 0.29) is 0 Å². The highest BCUT2D eigenvalue weighted by Gasteiger charge is 2.31. The molecule has 8 heteroatoms. The van der Waals surface area contributed by atoms with Crippen LogP contribution in [0.5, 0.6) is 0 Å². The summed E-state index contributed by atoms with van der Waals surface area (Å²) >= 11 is 0. The van der Waals surface area contributed by atoms with Crippen molar-refractivity contribution in [1.29, 1.82) is 0 Å². The maximum atomic E-state index is 12.3. The molecule has 0 fully saturated rings. The number of carbonyl (C=O) groups is 1. The lowest BCUT2D eigenvalue weighted by Crippen LogP contribution is -2.43. The molecule has 0 aliphatic heterocycles. The highest BCUT2D eigenvalue weighted by molar-refractivity contribution is 5.84. The van der Waals surface area contributed by atoms with Crippen molar-refractivity contribution in [2.24, 2.45) is 11.5 Å². The van der Waals surface area contributed by atoms with Crippen LogP contribution in [0.2, 0.25) is 0 Å². The Kier molecular flexibility index (Phi) is 6.36. The zero-order chi connectivity index (χ0) is 24.2. The molecule has 0 bridgehead atoms. The van der Waals surface area contributed by atoms with Gasteiger partial charge in [-0.3, -0.25) is 9.78 Å². The number of nitrogens with two attached hydrogens (primary N) is 2. The fourth-order valence-electron chi connectivity index (χ4n) is 4.47. The van der Waals surface area contributed by atoms with E-state index < -0.39 is 17.9 Å². The molecule has 0 spiro atoms. The normalized spacial score (nSPS) is 13.1. The van der Waals surface area contributed by atoms with E-state index in [0.717, 1.165) is 33.5 Å². The van der Waals surface area contributed by atoms with Crippen molar-refractivity contribution in [3.05, 3.63) is 114 Å². The first kappa shape index (κ1) is 22.5. The van der Waals surface area contributed by atoms with E-state index in [1.807, 2.05) is 71.4 Å². The maximum Gasteiger partial charge on any atom is 0.235 e. The molecule has 0 radical (unpaired) electrons. The number of amides is 1. The molecule has 8 nitrogen and oxygen atoms in total. The van der Waals surface area contributed by atoms with Crippen LogP contribution in [-0.2, 0) is 24.2 Å². The van der Waals surface area contributed by atoms with Crippen molar-refractivity contribution in [3.63, 3.8) is 0 Å². The third kappa shape index (κ3) is 4.83. The molecule has 0 saturated heterocycles. The van der Waals surface area contributed by atoms with Crippen LogP contribution in [0.1, 0.15) is 34.4 Å². The first-order valence-electron chi connectivity index (χ1n) is 11.6. The molecule has 3 heterocycles. The quantitative estimate of drug-likeness (QED) is 0.308. The molecular formula is C27H27N7O. The summed E-state index contributed by atoms with van der Waals surface area (Å²) in [6.45, 7) is 0.460. The Hall–Kier alpha value is -4.30. The van der Waals surface area contributed by atoms with Crippen LogP contribution in [-0.4, -0.2) is 36.7 Å². The second-order valence-corrected chi connectivity index (χ2v) is 8.64. The van der Waals surface area contributed by atoms with E-state index in [0.29, 0.717) is 25.2 Å². The lowest BCUT2D eigenvalue weighted by atomic mass is 9.91. The summed E-state index contributed by atoms with van der Waals surface area (Å²) in [4.78, 5) is 20.1. The molecule has 2 aromatic carbocycles. The van der Waals surface area contributed by atoms with Crippen molar-refractivity contribution in [2.45, 2.75) is 31.3 Å². The van der Waals surface area contributed by atoms with Gasteiger partial charge in [0.05, 0.1) is 18.3 Å². The number of H-pyrrole nitrogens is 1. The number of benzene rings is 2. The maximum absolute atomic E-state index is 12.3. The number of aromatic amines is 1. The zero-order valence-electron chi connectivity index (χ0n) is 19.2. The van der Waals surface area contributed by atoms with Gasteiger partial charge < -0.3 is 21.0 Å². The molecule has 35 heavy (non-hydrogen) atoms. The van der Waals surface area contributed by atoms with Gasteiger partial charge >= 0.3 is 0 Å². The van der Waals surface area contributed by atoms with E-state index >= 15 is 0 Å². The molecule has 3 aromatic heterocycles. The SMILES string of the molecule is NC(=O)C(N)C(Cc1c[nH]c2ccccc12)c1nnc(Cc2ccccc2)n1Cc1ccccn1. The van der Waals surface area contributed by atoms with E-state index in [1.165, 1.54) is 0 Å². The molecule has 176 valence electrons. The first-order chi connectivity index (χ1) is 17.1. The van der Waals surface area contributed by atoms with Gasteiger partial charge in [0.15, 0.2) is 0 Å². The van der Waals surface area contributed by atoms with Gasteiger partial charge in [0.2, 0.25) is 5.91 Å². The lowest BCUT2D eigenvalue weighted by molar-refractivity contribution is -0.119. The number of nitrogens with zero attached hydrogens (tertiary/aromatic N) is 4. The first-order valence-corrected chi connectivity index (χ1v) is 11.6. The summed E-state index contributed by atoms with van der Waals surface area (Å²) in [5.41, 5.74) is 16.1. The van der Waals surface area contributed by atoms with Gasteiger partial charge in [-0.1, -0.05) is 54.6 Å². The second kappa shape index (κ2) is 9.90. The van der Waals surface area contributed by atoms with E-state index in [1.54, 1.807) is 6.20 Å². The predicted molar refractivity (Wildman–Crippen MR) is 135 cm³/mol. The number of aromatic nitrogens is 5. The van der Waals surface area contributed by atoms with Crippen molar-refractivity contribution in [3.8, 4) is 0 Å². The topological polar surface area (TPSA) is 128 Å². The van der Waals surface area contributed by atoms with Crippen molar-refractivity contribution < 1.29 is 4.79 Å². The summed E-state index contributed by atoms with van der Waals surface area (Å²) in [6.07, 6.45) is 4.79. The lowest BCUT2D eigenvalue weighted by Gasteiger charge is -2.22. The number of pyridine rings is 1. The van der Waals surface area contributed by atoms with Gasteiger partial charge in [-0.25, -0.2) is 0 Å². The number of nitrogens with one attached hydrogen (secondary N) is 1. The van der Waals surface area contributed by atoms with Crippen molar-refractivity contribution in [2.75, 3.05) is 0 Å². The van der Waals surface area contributed by atoms with Crippen LogP contribution in [0.25, 0.3) is 10.9 Å². The van der Waals surface area contributed by atoms with Crippen LogP contribution in [0.15, 0.2) is 85.2 Å². The number of hydrogen-bond acceptors (Lipinski definition) is 5. The molecule has 2 atom stereocenters. The molecule has 0 saturated carbocycles. The largest absolute Gasteiger partial charge is 0.368 e. The Labute approximate surface area is 203 Å². The van der Waals surface area contributed by atoms with Crippen LogP contribution >= 0.6 is 0 Å². The third-order valence-electron chi connectivity index (χ3n) is 6.32. The smallest absolute Gasteiger partial charge is 0.235 e. The minimum atomic E-state index is -0.931. The highest BCUT2D eigenvalue weighted by Crippen LogP contribution is 2.28. The molecule has 5 rings (SSSR count). The Morgan fingerprint density at radius 1 is 0.971 bits per heavy atom. The average Bonchev–Trinajstić information content (AvgIpc) is 3.47. The van der Waals surface area contributed by atoms with Crippen LogP contribution in [0.3, 0.4) is 0 Å². The van der Waals surface area contributed by atoms with Gasteiger partial charge in [0, 0.05) is 35.6 Å². The van der Waals surface area contributed by atoms with E-state index in [4.69, 9.17) is 11.5 Å². The van der Waals surface area contributed by atoms with E-state index in [2.05, 4.69) is 32.3 Å². The molecule has 0 aliphatic carbocycles. The summed E-state index contributed by atoms with van der Waals surface area (Å²) in [6, 6.07) is 23.0. The number of hydrogen-bond donors (Lipinski definition) is 3. The zero-order valence-corrected chi connectivity index (χ0v) is 19.2. The second-order valence-electron chi connectivity index (χ2n) is 8.64. The number of primary amides is 1. The van der Waals surface area contributed by atoms with Gasteiger partial charge in [-0.2, -0.15) is 0 Å². The van der Waals surface area contributed by atoms with Crippen molar-refractivity contribution >= 4 is 16.8 Å². The Morgan fingerprint density at radius 3 is 2.51 bits per heavy atom. The van der Waals surface area contributed by atoms with Crippen LogP contribution in [0, 0.1) is 0 Å². The molecule has 2 unspecified atom stereocenters. The van der Waals surface area contributed by atoms with Gasteiger partial charge in [0.25, 0.3) is 0 Å². The fourth-order valence-corrected chi connectivity index (χ4v) is 4.47. The van der Waals surface area contributed by atoms with Gasteiger partial charge in [-0.15, -0.1) is 10.2 Å². The molecule has 5 aromatic rings. The monoisotopic (exact) mass is 465 g/mol.